The number of hydrogen-bond acceptors (Lipinski definition) is 3. The minimum atomic E-state index is 0.290. The number of aryl methyl sites for hydroxylation is 1. The number of aromatic nitrogens is 1. The van der Waals surface area contributed by atoms with Crippen molar-refractivity contribution in [3.8, 4) is 5.75 Å². The second kappa shape index (κ2) is 5.62. The number of anilines is 1. The molecule has 0 aliphatic carbocycles. The largest absolute Gasteiger partial charge is 0.485 e. The van der Waals surface area contributed by atoms with Gasteiger partial charge in [-0.1, -0.05) is 41.9 Å². The van der Waals surface area contributed by atoms with Gasteiger partial charge in [0.25, 0.3) is 0 Å². The first-order chi connectivity index (χ1) is 10.2. The minimum absolute atomic E-state index is 0.290. The second-order valence-corrected chi connectivity index (χ2v) is 5.22. The number of para-hydroxylation sites is 3. The summed E-state index contributed by atoms with van der Waals surface area (Å²) in [6, 6.07) is 15.3. The predicted molar refractivity (Wildman–Crippen MR) is 86.7 cm³/mol. The van der Waals surface area contributed by atoms with E-state index in [1.54, 1.807) is 6.07 Å². The fraction of sp³-hybridized carbons (Fsp3) is 0.118. The lowest BCUT2D eigenvalue weighted by atomic mass is 10.1. The molecule has 21 heavy (non-hydrogen) atoms. The molecule has 0 aliphatic rings. The summed E-state index contributed by atoms with van der Waals surface area (Å²) in [4.78, 5) is 4.58. The van der Waals surface area contributed by atoms with E-state index in [4.69, 9.17) is 22.1 Å². The highest BCUT2D eigenvalue weighted by molar-refractivity contribution is 6.32. The van der Waals surface area contributed by atoms with Crippen molar-refractivity contribution in [3.05, 3.63) is 64.8 Å². The third-order valence-electron chi connectivity index (χ3n) is 3.43. The van der Waals surface area contributed by atoms with Crippen molar-refractivity contribution in [2.45, 2.75) is 13.5 Å². The summed E-state index contributed by atoms with van der Waals surface area (Å²) < 4.78 is 5.74. The molecular weight excluding hydrogens is 284 g/mol. The van der Waals surface area contributed by atoms with E-state index in [0.29, 0.717) is 23.1 Å². The van der Waals surface area contributed by atoms with Crippen LogP contribution in [0.15, 0.2) is 48.5 Å². The van der Waals surface area contributed by atoms with Crippen LogP contribution in [0, 0.1) is 6.92 Å². The van der Waals surface area contributed by atoms with Gasteiger partial charge in [-0.3, -0.25) is 0 Å². The molecular formula is C17H15ClN2O. The predicted octanol–water partition coefficient (Wildman–Crippen LogP) is 4.36. The zero-order valence-corrected chi connectivity index (χ0v) is 12.4. The van der Waals surface area contributed by atoms with Crippen LogP contribution in [0.3, 0.4) is 0 Å². The van der Waals surface area contributed by atoms with Crippen molar-refractivity contribution in [1.82, 2.24) is 4.98 Å². The number of nitrogens with zero attached hydrogens (tertiary/aromatic N) is 1. The Morgan fingerprint density at radius 1 is 1.10 bits per heavy atom. The Bertz CT molecular complexity index is 802. The second-order valence-electron chi connectivity index (χ2n) is 4.84. The number of nitrogen functional groups attached to an aromatic ring is 1. The van der Waals surface area contributed by atoms with Crippen LogP contribution in [0.1, 0.15) is 11.3 Å². The number of fused-ring (bicyclic) bond motifs is 1. The van der Waals surface area contributed by atoms with Gasteiger partial charge in [-0.2, -0.15) is 0 Å². The standard InChI is InChI=1S/C17H15ClN2O/c1-11-12-6-2-4-8-14(12)20-15(17(11)18)10-21-16-9-5-3-7-13(16)19/h2-9H,10,19H2,1H3. The van der Waals surface area contributed by atoms with Crippen LogP contribution in [-0.2, 0) is 6.61 Å². The van der Waals surface area contributed by atoms with Gasteiger partial charge < -0.3 is 10.5 Å². The summed E-state index contributed by atoms with van der Waals surface area (Å²) in [5.74, 6) is 0.640. The van der Waals surface area contributed by atoms with Gasteiger partial charge in [0.1, 0.15) is 12.4 Å². The van der Waals surface area contributed by atoms with E-state index >= 15 is 0 Å². The van der Waals surface area contributed by atoms with E-state index in [-0.39, 0.29) is 0 Å². The van der Waals surface area contributed by atoms with Crippen LogP contribution < -0.4 is 10.5 Å². The first-order valence-electron chi connectivity index (χ1n) is 6.68. The third kappa shape index (κ3) is 2.65. The van der Waals surface area contributed by atoms with E-state index in [0.717, 1.165) is 22.2 Å². The van der Waals surface area contributed by atoms with Crippen molar-refractivity contribution < 1.29 is 4.74 Å². The molecule has 0 fully saturated rings. The zero-order chi connectivity index (χ0) is 14.8. The fourth-order valence-corrected chi connectivity index (χ4v) is 2.47. The molecule has 1 heterocycles. The van der Waals surface area contributed by atoms with E-state index < -0.39 is 0 Å². The molecule has 0 aliphatic heterocycles. The van der Waals surface area contributed by atoms with E-state index in [2.05, 4.69) is 4.98 Å². The average molecular weight is 299 g/mol. The summed E-state index contributed by atoms with van der Waals surface area (Å²) in [6.07, 6.45) is 0. The van der Waals surface area contributed by atoms with Crippen molar-refractivity contribution in [1.29, 1.82) is 0 Å². The van der Waals surface area contributed by atoms with E-state index in [1.165, 1.54) is 0 Å². The van der Waals surface area contributed by atoms with Gasteiger partial charge in [-0.15, -0.1) is 0 Å². The molecule has 106 valence electrons. The highest BCUT2D eigenvalue weighted by atomic mass is 35.5. The van der Waals surface area contributed by atoms with Crippen molar-refractivity contribution in [2.75, 3.05) is 5.73 Å². The molecule has 0 bridgehead atoms. The number of benzene rings is 2. The first-order valence-corrected chi connectivity index (χ1v) is 7.05. The maximum absolute atomic E-state index is 6.40. The van der Waals surface area contributed by atoms with Gasteiger partial charge >= 0.3 is 0 Å². The zero-order valence-electron chi connectivity index (χ0n) is 11.6. The maximum Gasteiger partial charge on any atom is 0.142 e. The summed E-state index contributed by atoms with van der Waals surface area (Å²) in [5, 5.41) is 1.70. The lowest BCUT2D eigenvalue weighted by Crippen LogP contribution is -2.03. The van der Waals surface area contributed by atoms with Crippen LogP contribution in [-0.4, -0.2) is 4.98 Å². The number of rotatable bonds is 3. The molecule has 2 aromatic carbocycles. The van der Waals surface area contributed by atoms with Gasteiger partial charge in [0.05, 0.1) is 21.9 Å². The van der Waals surface area contributed by atoms with Crippen molar-refractivity contribution in [3.63, 3.8) is 0 Å². The topological polar surface area (TPSA) is 48.1 Å². The molecule has 0 unspecified atom stereocenters. The summed E-state index contributed by atoms with van der Waals surface area (Å²) in [6.45, 7) is 2.28. The molecule has 2 N–H and O–H groups in total. The van der Waals surface area contributed by atoms with Gasteiger partial charge in [-0.05, 0) is 30.7 Å². The molecule has 0 spiro atoms. The number of pyridine rings is 1. The molecule has 4 heteroatoms. The quantitative estimate of drug-likeness (QED) is 0.731. The number of nitrogens with two attached hydrogens (primary N) is 1. The molecule has 0 radical (unpaired) electrons. The van der Waals surface area contributed by atoms with Crippen molar-refractivity contribution in [2.24, 2.45) is 0 Å². The summed E-state index contributed by atoms with van der Waals surface area (Å²) >= 11 is 6.40. The van der Waals surface area contributed by atoms with Gasteiger partial charge in [0.2, 0.25) is 0 Å². The Kier molecular flexibility index (Phi) is 3.67. The van der Waals surface area contributed by atoms with Crippen LogP contribution in [0.5, 0.6) is 5.75 Å². The van der Waals surface area contributed by atoms with Crippen LogP contribution in [0.25, 0.3) is 10.9 Å². The first kappa shape index (κ1) is 13.7. The van der Waals surface area contributed by atoms with Gasteiger partial charge in [0, 0.05) is 5.39 Å². The van der Waals surface area contributed by atoms with Crippen LogP contribution >= 0.6 is 11.6 Å². The molecule has 3 rings (SSSR count). The SMILES string of the molecule is Cc1c(Cl)c(COc2ccccc2N)nc2ccccc12. The Labute approximate surface area is 128 Å². The Hall–Kier alpha value is -2.26. The lowest BCUT2D eigenvalue weighted by Gasteiger charge is -2.12. The summed E-state index contributed by atoms with van der Waals surface area (Å²) in [5.41, 5.74) is 9.12. The number of ether oxygens (including phenoxy) is 1. The molecule has 0 atom stereocenters. The smallest absolute Gasteiger partial charge is 0.142 e. The molecule has 1 aromatic heterocycles. The molecule has 0 saturated carbocycles. The minimum Gasteiger partial charge on any atom is -0.485 e. The van der Waals surface area contributed by atoms with E-state index in [1.807, 2.05) is 49.4 Å². The average Bonchev–Trinajstić information content (AvgIpc) is 2.51. The monoisotopic (exact) mass is 298 g/mol. The highest BCUT2D eigenvalue weighted by Crippen LogP contribution is 2.28. The van der Waals surface area contributed by atoms with E-state index in [9.17, 15) is 0 Å². The fourth-order valence-electron chi connectivity index (χ4n) is 2.27. The highest BCUT2D eigenvalue weighted by Gasteiger charge is 2.11. The van der Waals surface area contributed by atoms with Gasteiger partial charge in [0.15, 0.2) is 0 Å². The Morgan fingerprint density at radius 3 is 2.62 bits per heavy atom. The van der Waals surface area contributed by atoms with Gasteiger partial charge in [-0.25, -0.2) is 4.98 Å². The molecule has 0 saturated heterocycles. The Morgan fingerprint density at radius 2 is 1.81 bits per heavy atom. The lowest BCUT2D eigenvalue weighted by molar-refractivity contribution is 0.303. The molecule has 3 nitrogen and oxygen atoms in total. The normalized spacial score (nSPS) is 10.8. The molecule has 3 aromatic rings. The Balaban J connectivity index is 1.94. The molecule has 0 amide bonds. The maximum atomic E-state index is 6.40. The number of hydrogen-bond donors (Lipinski definition) is 1. The third-order valence-corrected chi connectivity index (χ3v) is 3.93. The van der Waals surface area contributed by atoms with Crippen molar-refractivity contribution >= 4 is 28.2 Å². The van der Waals surface area contributed by atoms with Crippen LogP contribution in [0.4, 0.5) is 5.69 Å². The summed E-state index contributed by atoms with van der Waals surface area (Å²) in [7, 11) is 0. The number of halogens is 1. The van der Waals surface area contributed by atoms with Crippen LogP contribution in [0.2, 0.25) is 5.02 Å².